The molecule has 0 fully saturated rings. The summed E-state index contributed by atoms with van der Waals surface area (Å²) >= 11 is 1.51. The van der Waals surface area contributed by atoms with E-state index in [2.05, 4.69) is 10.3 Å². The van der Waals surface area contributed by atoms with Gasteiger partial charge in [-0.05, 0) is 37.0 Å². The number of benzene rings is 1. The van der Waals surface area contributed by atoms with Crippen LogP contribution in [0, 0.1) is 0 Å². The molecule has 1 atom stereocenters. The lowest BCUT2D eigenvalue weighted by Gasteiger charge is -2.14. The number of aliphatic hydroxyl groups is 1. The van der Waals surface area contributed by atoms with E-state index in [0.29, 0.717) is 81.1 Å². The van der Waals surface area contributed by atoms with Crippen LogP contribution in [0.3, 0.4) is 0 Å². The zero-order valence-corrected chi connectivity index (χ0v) is 22.2. The van der Waals surface area contributed by atoms with Crippen molar-refractivity contribution in [3.05, 3.63) is 73.1 Å². The van der Waals surface area contributed by atoms with Crippen LogP contribution in [-0.4, -0.2) is 48.0 Å². The molecule has 0 bridgehead atoms. The molecule has 4 aromatic rings. The Labute approximate surface area is 219 Å². The molecule has 11 heteroatoms. The highest BCUT2D eigenvalue weighted by molar-refractivity contribution is 7.07. The molecule has 4 rings (SSSR count). The molecule has 3 heterocycles. The lowest BCUT2D eigenvalue weighted by molar-refractivity contribution is 0.167. The quantitative estimate of drug-likeness (QED) is 0.180. The largest absolute Gasteiger partial charge is 0.399 e. The first-order valence-corrected chi connectivity index (χ1v) is 13.7. The lowest BCUT2D eigenvalue weighted by atomic mass is 10.1. The molecular formula is C26H35N7O3S. The summed E-state index contributed by atoms with van der Waals surface area (Å²) in [6, 6.07) is 7.58. The van der Waals surface area contributed by atoms with Crippen LogP contribution >= 0.6 is 11.3 Å². The number of nitrogens with one attached hydrogen (secondary N) is 1. The maximum absolute atomic E-state index is 13.6. The predicted octanol–water partition coefficient (Wildman–Crippen LogP) is 2.00. The summed E-state index contributed by atoms with van der Waals surface area (Å²) in [6.45, 7) is 6.09. The number of imidazole rings is 1. The molecule has 1 unspecified atom stereocenters. The molecule has 0 aliphatic rings. The Hall–Kier alpha value is -3.28. The van der Waals surface area contributed by atoms with Gasteiger partial charge in [-0.1, -0.05) is 26.0 Å². The summed E-state index contributed by atoms with van der Waals surface area (Å²) in [5.74, 6) is 0.686. The minimum atomic E-state index is -0.422. The first kappa shape index (κ1) is 26.8. The van der Waals surface area contributed by atoms with E-state index >= 15 is 0 Å². The Kier molecular flexibility index (Phi) is 8.91. The van der Waals surface area contributed by atoms with Crippen LogP contribution in [0.4, 0.5) is 5.69 Å². The maximum Gasteiger partial charge on any atom is 0.332 e. The minimum Gasteiger partial charge on any atom is -0.399 e. The number of nitrogens with zero attached hydrogens (tertiary/aromatic N) is 5. The van der Waals surface area contributed by atoms with Gasteiger partial charge in [0.1, 0.15) is 5.82 Å². The molecule has 0 aliphatic carbocycles. The molecule has 0 radical (unpaired) electrons. The molecule has 4 N–H and O–H groups in total. The number of thiazole rings is 1. The zero-order chi connectivity index (χ0) is 26.4. The summed E-state index contributed by atoms with van der Waals surface area (Å²) in [5, 5.41) is 15.1. The molecule has 37 heavy (non-hydrogen) atoms. The van der Waals surface area contributed by atoms with E-state index in [1.807, 2.05) is 48.1 Å². The number of fused-ring (bicyclic) bond motifs is 1. The van der Waals surface area contributed by atoms with E-state index in [1.165, 1.54) is 15.9 Å². The van der Waals surface area contributed by atoms with Crippen molar-refractivity contribution in [2.75, 3.05) is 18.8 Å². The number of aryl methyl sites for hydroxylation is 2. The van der Waals surface area contributed by atoms with Crippen LogP contribution in [0.2, 0.25) is 0 Å². The number of hydrogen-bond donors (Lipinski definition) is 3. The van der Waals surface area contributed by atoms with Crippen LogP contribution in [0.15, 0.2) is 44.7 Å². The molecule has 0 saturated carbocycles. The Balaban J connectivity index is 1.78. The second kappa shape index (κ2) is 12.3. The van der Waals surface area contributed by atoms with Crippen LogP contribution in [0.5, 0.6) is 0 Å². The van der Waals surface area contributed by atoms with Crippen LogP contribution < -0.4 is 22.3 Å². The molecule has 1 aromatic carbocycles. The lowest BCUT2D eigenvalue weighted by Crippen LogP contribution is -2.41. The zero-order valence-electron chi connectivity index (χ0n) is 21.4. The average Bonchev–Trinajstić information content (AvgIpc) is 3.53. The van der Waals surface area contributed by atoms with Gasteiger partial charge in [-0.15, -0.1) is 11.3 Å². The fourth-order valence-electron chi connectivity index (χ4n) is 4.35. The second-order valence-corrected chi connectivity index (χ2v) is 9.88. The van der Waals surface area contributed by atoms with E-state index in [9.17, 15) is 14.7 Å². The number of hydrogen-bond acceptors (Lipinski definition) is 8. The third-order valence-corrected chi connectivity index (χ3v) is 7.07. The van der Waals surface area contributed by atoms with Crippen molar-refractivity contribution in [2.45, 2.75) is 65.3 Å². The Morgan fingerprint density at radius 2 is 1.86 bits per heavy atom. The standard InChI is InChI=1S/C26H35N7O3S/c1-3-11-33-25(35)23-24(32(26(33)36)12-9-18-5-7-19(27)8-6-18)30-22(14-20-16-37-17-29-20)31(23)13-10-28-15-21(34)4-2/h5-8,16-17,21,28,34H,3-4,9-15,27H2,1-2H3. The van der Waals surface area contributed by atoms with Crippen molar-refractivity contribution in [1.82, 2.24) is 29.0 Å². The maximum atomic E-state index is 13.6. The van der Waals surface area contributed by atoms with E-state index in [1.54, 1.807) is 10.1 Å². The normalized spacial score (nSPS) is 12.4. The molecule has 3 aromatic heterocycles. The first-order chi connectivity index (χ1) is 17.9. The van der Waals surface area contributed by atoms with Crippen LogP contribution in [0.25, 0.3) is 11.2 Å². The monoisotopic (exact) mass is 525 g/mol. The van der Waals surface area contributed by atoms with Gasteiger partial charge in [-0.3, -0.25) is 13.9 Å². The van der Waals surface area contributed by atoms with E-state index < -0.39 is 6.10 Å². The molecule has 10 nitrogen and oxygen atoms in total. The Bertz CT molecular complexity index is 1420. The van der Waals surface area contributed by atoms with E-state index in [-0.39, 0.29) is 11.2 Å². The Morgan fingerprint density at radius 3 is 2.54 bits per heavy atom. The molecule has 0 aliphatic heterocycles. The number of rotatable bonds is 13. The van der Waals surface area contributed by atoms with E-state index in [0.717, 1.165) is 11.3 Å². The van der Waals surface area contributed by atoms with Crippen molar-refractivity contribution in [2.24, 2.45) is 0 Å². The fraction of sp³-hybridized carbons (Fsp3) is 0.462. The van der Waals surface area contributed by atoms with Crippen molar-refractivity contribution < 1.29 is 5.11 Å². The van der Waals surface area contributed by atoms with Gasteiger partial charge in [0.15, 0.2) is 11.2 Å². The summed E-state index contributed by atoms with van der Waals surface area (Å²) in [7, 11) is 0. The Morgan fingerprint density at radius 1 is 1.08 bits per heavy atom. The van der Waals surface area contributed by atoms with Gasteiger partial charge in [0.2, 0.25) is 0 Å². The van der Waals surface area contributed by atoms with E-state index in [4.69, 9.17) is 10.7 Å². The average molecular weight is 526 g/mol. The van der Waals surface area contributed by atoms with Gasteiger partial charge < -0.3 is 20.7 Å². The number of nitrogens with two attached hydrogens (primary N) is 1. The summed E-state index contributed by atoms with van der Waals surface area (Å²) in [4.78, 5) is 36.4. The van der Waals surface area contributed by atoms with Crippen molar-refractivity contribution >= 4 is 28.2 Å². The number of aliphatic hydroxyl groups excluding tert-OH is 1. The highest BCUT2D eigenvalue weighted by Gasteiger charge is 2.22. The number of aromatic nitrogens is 5. The SMILES string of the molecule is CCCn1c(=O)c2c(nc(Cc3cscn3)n2CCNCC(O)CC)n(CCc2ccc(N)cc2)c1=O. The highest BCUT2D eigenvalue weighted by Crippen LogP contribution is 2.17. The van der Waals surface area contributed by atoms with Crippen LogP contribution in [-0.2, 0) is 32.5 Å². The van der Waals surface area contributed by atoms with Crippen molar-refractivity contribution in [3.63, 3.8) is 0 Å². The molecular weight excluding hydrogens is 490 g/mol. The third kappa shape index (κ3) is 6.17. The smallest absolute Gasteiger partial charge is 0.332 e. The summed E-state index contributed by atoms with van der Waals surface area (Å²) in [6.07, 6.45) is 1.96. The van der Waals surface area contributed by atoms with Crippen molar-refractivity contribution in [1.29, 1.82) is 0 Å². The summed E-state index contributed by atoms with van der Waals surface area (Å²) < 4.78 is 4.86. The van der Waals surface area contributed by atoms with Gasteiger partial charge in [0, 0.05) is 50.2 Å². The molecule has 0 amide bonds. The van der Waals surface area contributed by atoms with Crippen LogP contribution in [0.1, 0.15) is 43.8 Å². The third-order valence-electron chi connectivity index (χ3n) is 6.43. The highest BCUT2D eigenvalue weighted by atomic mass is 32.1. The number of nitrogen functional groups attached to an aromatic ring is 1. The topological polar surface area (TPSA) is 133 Å². The van der Waals surface area contributed by atoms with Gasteiger partial charge in [0.05, 0.1) is 17.3 Å². The molecule has 0 spiro atoms. The fourth-order valence-corrected chi connectivity index (χ4v) is 4.91. The summed E-state index contributed by atoms with van der Waals surface area (Å²) in [5.41, 5.74) is 10.3. The number of anilines is 1. The van der Waals surface area contributed by atoms with Gasteiger partial charge >= 0.3 is 5.69 Å². The first-order valence-electron chi connectivity index (χ1n) is 12.8. The predicted molar refractivity (Wildman–Crippen MR) is 147 cm³/mol. The van der Waals surface area contributed by atoms with Crippen molar-refractivity contribution in [3.8, 4) is 0 Å². The van der Waals surface area contributed by atoms with Gasteiger partial charge in [0.25, 0.3) is 5.56 Å². The second-order valence-electron chi connectivity index (χ2n) is 9.16. The molecule has 0 saturated heterocycles. The molecule has 198 valence electrons. The van der Waals surface area contributed by atoms with Gasteiger partial charge in [-0.2, -0.15) is 0 Å². The minimum absolute atomic E-state index is 0.323. The van der Waals surface area contributed by atoms with Gasteiger partial charge in [-0.25, -0.2) is 14.8 Å².